The van der Waals surface area contributed by atoms with Crippen LogP contribution in [-0.4, -0.2) is 18.4 Å². The minimum absolute atomic E-state index is 0.286. The molecule has 0 aromatic heterocycles. The third-order valence-electron chi connectivity index (χ3n) is 3.19. The lowest BCUT2D eigenvalue weighted by molar-refractivity contribution is 0.0474. The molecule has 114 valence electrons. The standard InChI is InChI=1S/C17H14Cl2O3/c1-10-3-4-11(2)13(7-10)17(21)22-9-16(20)12-5-6-14(18)15(19)8-12/h3-8H,9H2,1-2H3. The second kappa shape index (κ2) is 6.95. The summed E-state index contributed by atoms with van der Waals surface area (Å²) in [4.78, 5) is 24.1. The smallest absolute Gasteiger partial charge is 0.338 e. The van der Waals surface area contributed by atoms with E-state index in [0.717, 1.165) is 11.1 Å². The minimum atomic E-state index is -0.519. The highest BCUT2D eigenvalue weighted by Gasteiger charge is 2.14. The number of ketones is 1. The maximum absolute atomic E-state index is 12.1. The first-order chi connectivity index (χ1) is 10.4. The van der Waals surface area contributed by atoms with Crippen LogP contribution in [-0.2, 0) is 4.74 Å². The Kier molecular flexibility index (Phi) is 5.22. The highest BCUT2D eigenvalue weighted by Crippen LogP contribution is 2.23. The molecule has 0 saturated carbocycles. The lowest BCUT2D eigenvalue weighted by Gasteiger charge is -2.08. The molecule has 0 N–H and O–H groups in total. The Morgan fingerprint density at radius 3 is 2.41 bits per heavy atom. The predicted octanol–water partition coefficient (Wildman–Crippen LogP) is 4.65. The average molecular weight is 337 g/mol. The summed E-state index contributed by atoms with van der Waals surface area (Å²) < 4.78 is 5.09. The number of hydrogen-bond acceptors (Lipinski definition) is 3. The number of esters is 1. The van der Waals surface area contributed by atoms with Crippen molar-refractivity contribution in [3.05, 3.63) is 68.7 Å². The zero-order chi connectivity index (χ0) is 16.3. The van der Waals surface area contributed by atoms with Crippen molar-refractivity contribution < 1.29 is 14.3 Å². The molecule has 0 aliphatic heterocycles. The predicted molar refractivity (Wildman–Crippen MR) is 87.0 cm³/mol. The van der Waals surface area contributed by atoms with Crippen LogP contribution in [0.3, 0.4) is 0 Å². The molecular weight excluding hydrogens is 323 g/mol. The van der Waals surface area contributed by atoms with Crippen LogP contribution in [0.15, 0.2) is 36.4 Å². The van der Waals surface area contributed by atoms with Gasteiger partial charge in [0.25, 0.3) is 0 Å². The van der Waals surface area contributed by atoms with Gasteiger partial charge < -0.3 is 4.74 Å². The fourth-order valence-electron chi connectivity index (χ4n) is 1.92. The molecule has 0 atom stereocenters. The lowest BCUT2D eigenvalue weighted by Crippen LogP contribution is -2.15. The van der Waals surface area contributed by atoms with Crippen LogP contribution in [0.25, 0.3) is 0 Å². The molecule has 5 heteroatoms. The van der Waals surface area contributed by atoms with Crippen molar-refractivity contribution in [2.45, 2.75) is 13.8 Å². The van der Waals surface area contributed by atoms with Gasteiger partial charge in [0.05, 0.1) is 15.6 Å². The molecule has 0 unspecified atom stereocenters. The molecule has 0 aliphatic rings. The van der Waals surface area contributed by atoms with E-state index >= 15 is 0 Å². The Bertz CT molecular complexity index is 739. The molecular formula is C17H14Cl2O3. The van der Waals surface area contributed by atoms with Gasteiger partial charge in [0.2, 0.25) is 0 Å². The van der Waals surface area contributed by atoms with Crippen molar-refractivity contribution in [2.75, 3.05) is 6.61 Å². The highest BCUT2D eigenvalue weighted by molar-refractivity contribution is 6.42. The van der Waals surface area contributed by atoms with E-state index in [2.05, 4.69) is 0 Å². The third kappa shape index (κ3) is 3.87. The first kappa shape index (κ1) is 16.5. The Morgan fingerprint density at radius 2 is 1.73 bits per heavy atom. The molecule has 0 bridgehead atoms. The van der Waals surface area contributed by atoms with Gasteiger partial charge >= 0.3 is 5.97 Å². The summed E-state index contributed by atoms with van der Waals surface area (Å²) in [5, 5.41) is 0.652. The topological polar surface area (TPSA) is 43.4 Å². The van der Waals surface area contributed by atoms with Gasteiger partial charge in [-0.15, -0.1) is 0 Å². The van der Waals surface area contributed by atoms with Gasteiger partial charge in [-0.05, 0) is 43.7 Å². The largest absolute Gasteiger partial charge is 0.454 e. The van der Waals surface area contributed by atoms with Crippen molar-refractivity contribution in [1.82, 2.24) is 0 Å². The number of rotatable bonds is 4. The summed E-state index contributed by atoms with van der Waals surface area (Å²) in [5.74, 6) is -0.855. The van der Waals surface area contributed by atoms with Gasteiger partial charge in [-0.1, -0.05) is 40.9 Å². The fourth-order valence-corrected chi connectivity index (χ4v) is 2.22. The van der Waals surface area contributed by atoms with Crippen LogP contribution < -0.4 is 0 Å². The van der Waals surface area contributed by atoms with Crippen LogP contribution >= 0.6 is 23.2 Å². The molecule has 22 heavy (non-hydrogen) atoms. The van der Waals surface area contributed by atoms with Crippen LogP contribution in [0.2, 0.25) is 10.0 Å². The molecule has 0 heterocycles. The van der Waals surface area contributed by atoms with Gasteiger partial charge in [0.15, 0.2) is 12.4 Å². The van der Waals surface area contributed by atoms with Crippen LogP contribution in [0.1, 0.15) is 31.8 Å². The number of benzene rings is 2. The molecule has 0 amide bonds. The summed E-state index contributed by atoms with van der Waals surface area (Å²) in [7, 11) is 0. The molecule has 2 aromatic rings. The van der Waals surface area contributed by atoms with Crippen LogP contribution in [0.5, 0.6) is 0 Å². The summed E-state index contributed by atoms with van der Waals surface area (Å²) in [6, 6.07) is 10.0. The zero-order valence-electron chi connectivity index (χ0n) is 12.2. The molecule has 2 aromatic carbocycles. The number of Topliss-reactive ketones (excluding diaryl/α,β-unsaturated/α-hetero) is 1. The average Bonchev–Trinajstić information content (AvgIpc) is 2.49. The quantitative estimate of drug-likeness (QED) is 0.602. The van der Waals surface area contributed by atoms with E-state index in [9.17, 15) is 9.59 Å². The van der Waals surface area contributed by atoms with E-state index in [0.29, 0.717) is 16.1 Å². The number of carbonyl (C=O) groups is 2. The van der Waals surface area contributed by atoms with Crippen molar-refractivity contribution >= 4 is 35.0 Å². The van der Waals surface area contributed by atoms with E-state index in [1.807, 2.05) is 26.0 Å². The summed E-state index contributed by atoms with van der Waals surface area (Å²) in [6.07, 6.45) is 0. The minimum Gasteiger partial charge on any atom is -0.454 e. The summed E-state index contributed by atoms with van der Waals surface area (Å²) >= 11 is 11.7. The molecule has 0 fully saturated rings. The van der Waals surface area contributed by atoms with Crippen molar-refractivity contribution in [1.29, 1.82) is 0 Å². The van der Waals surface area contributed by atoms with Crippen LogP contribution in [0.4, 0.5) is 0 Å². The van der Waals surface area contributed by atoms with Gasteiger partial charge in [-0.2, -0.15) is 0 Å². The van der Waals surface area contributed by atoms with Crippen molar-refractivity contribution in [2.24, 2.45) is 0 Å². The van der Waals surface area contributed by atoms with E-state index in [-0.39, 0.29) is 17.4 Å². The lowest BCUT2D eigenvalue weighted by atomic mass is 10.1. The Hall–Kier alpha value is -1.84. The SMILES string of the molecule is Cc1ccc(C)c(C(=O)OCC(=O)c2ccc(Cl)c(Cl)c2)c1. The number of aryl methyl sites for hydroxylation is 2. The Balaban J connectivity index is 2.05. The first-order valence-corrected chi connectivity index (χ1v) is 7.36. The van der Waals surface area contributed by atoms with E-state index in [4.69, 9.17) is 27.9 Å². The third-order valence-corrected chi connectivity index (χ3v) is 3.93. The highest BCUT2D eigenvalue weighted by atomic mass is 35.5. The second-order valence-corrected chi connectivity index (χ2v) is 5.76. The summed E-state index contributed by atoms with van der Waals surface area (Å²) in [6.45, 7) is 3.36. The normalized spacial score (nSPS) is 10.4. The second-order valence-electron chi connectivity index (χ2n) is 4.95. The van der Waals surface area contributed by atoms with Gasteiger partial charge in [0.1, 0.15) is 0 Å². The monoisotopic (exact) mass is 336 g/mol. The Morgan fingerprint density at radius 1 is 1.00 bits per heavy atom. The molecule has 0 saturated heterocycles. The molecule has 0 radical (unpaired) electrons. The first-order valence-electron chi connectivity index (χ1n) is 6.61. The van der Waals surface area contributed by atoms with E-state index in [1.54, 1.807) is 12.1 Å². The zero-order valence-corrected chi connectivity index (χ0v) is 13.7. The maximum Gasteiger partial charge on any atom is 0.338 e. The van der Waals surface area contributed by atoms with Crippen molar-refractivity contribution in [3.8, 4) is 0 Å². The maximum atomic E-state index is 12.1. The van der Waals surface area contributed by atoms with E-state index < -0.39 is 5.97 Å². The van der Waals surface area contributed by atoms with Crippen LogP contribution in [0, 0.1) is 13.8 Å². The Labute approximate surface area is 138 Å². The molecule has 3 nitrogen and oxygen atoms in total. The summed E-state index contributed by atoms with van der Waals surface area (Å²) in [5.41, 5.74) is 2.57. The number of halogens is 2. The number of ether oxygens (including phenoxy) is 1. The van der Waals surface area contributed by atoms with Gasteiger partial charge in [-0.3, -0.25) is 4.79 Å². The van der Waals surface area contributed by atoms with Crippen molar-refractivity contribution in [3.63, 3.8) is 0 Å². The van der Waals surface area contributed by atoms with Gasteiger partial charge in [0, 0.05) is 5.56 Å². The number of hydrogen-bond donors (Lipinski definition) is 0. The number of carbonyl (C=O) groups excluding carboxylic acids is 2. The van der Waals surface area contributed by atoms with Gasteiger partial charge in [-0.25, -0.2) is 4.79 Å². The fraction of sp³-hybridized carbons (Fsp3) is 0.176. The molecule has 0 aliphatic carbocycles. The van der Waals surface area contributed by atoms with E-state index in [1.165, 1.54) is 12.1 Å². The molecule has 2 rings (SSSR count). The molecule has 0 spiro atoms.